The van der Waals surface area contributed by atoms with Crippen LogP contribution in [0.1, 0.15) is 5.56 Å². The minimum atomic E-state index is -0.242. The fraction of sp³-hybridized carbons (Fsp3) is 0.211. The second kappa shape index (κ2) is 6.65. The molecule has 1 heterocycles. The summed E-state index contributed by atoms with van der Waals surface area (Å²) in [5, 5.41) is 2.87. The highest BCUT2D eigenvalue weighted by Crippen LogP contribution is 2.35. The number of rotatable bonds is 4. The van der Waals surface area contributed by atoms with E-state index in [4.69, 9.17) is 0 Å². The molecule has 0 aliphatic carbocycles. The highest BCUT2D eigenvalue weighted by atomic mass is 19.1. The Hall–Kier alpha value is -2.62. The van der Waals surface area contributed by atoms with Gasteiger partial charge >= 0.3 is 0 Å². The number of hydrogen-bond donors (Lipinski definition) is 1. The lowest BCUT2D eigenvalue weighted by Crippen LogP contribution is -2.38. The maximum Gasteiger partial charge on any atom is 0.243 e. The highest BCUT2D eigenvalue weighted by Gasteiger charge is 2.25. The van der Waals surface area contributed by atoms with Crippen LogP contribution in [0.15, 0.2) is 61.2 Å². The van der Waals surface area contributed by atoms with Crippen molar-refractivity contribution >= 4 is 17.3 Å². The van der Waals surface area contributed by atoms with E-state index in [2.05, 4.69) is 28.9 Å². The smallest absolute Gasteiger partial charge is 0.243 e. The summed E-state index contributed by atoms with van der Waals surface area (Å²) in [6, 6.07) is 14.7. The third-order valence-electron chi connectivity index (χ3n) is 4.12. The Labute approximate surface area is 135 Å². The topological polar surface area (TPSA) is 32.3 Å². The second-order valence-corrected chi connectivity index (χ2v) is 5.74. The van der Waals surface area contributed by atoms with E-state index in [1.165, 1.54) is 23.8 Å². The Kier molecular flexibility index (Phi) is 4.42. The first-order chi connectivity index (χ1) is 11.2. The highest BCUT2D eigenvalue weighted by molar-refractivity contribution is 5.86. The van der Waals surface area contributed by atoms with Gasteiger partial charge in [-0.1, -0.05) is 24.8 Å². The zero-order chi connectivity index (χ0) is 16.2. The van der Waals surface area contributed by atoms with Gasteiger partial charge in [-0.2, -0.15) is 0 Å². The first-order valence-electron chi connectivity index (χ1n) is 7.68. The standard InChI is InChI=1S/C19H19FN2O/c1-2-19(23)21-12-14-11-15-5-3-4-6-18(15)22(13-14)17-9-7-16(20)8-10-17/h2-10,14H,1,11-13H2,(H,21,23). The normalized spacial score (nSPS) is 16.6. The summed E-state index contributed by atoms with van der Waals surface area (Å²) in [5.74, 6) is -0.107. The van der Waals surface area contributed by atoms with Crippen molar-refractivity contribution in [2.75, 3.05) is 18.0 Å². The molecule has 1 unspecified atom stereocenters. The molecule has 1 N–H and O–H groups in total. The molecule has 0 bridgehead atoms. The molecular weight excluding hydrogens is 291 g/mol. The van der Waals surface area contributed by atoms with Crippen LogP contribution < -0.4 is 10.2 Å². The molecule has 0 saturated carbocycles. The number of halogens is 1. The van der Waals surface area contributed by atoms with Gasteiger partial charge in [0.15, 0.2) is 0 Å². The number of amides is 1. The molecule has 0 fully saturated rings. The number of nitrogens with zero attached hydrogens (tertiary/aromatic N) is 1. The predicted molar refractivity (Wildman–Crippen MR) is 90.2 cm³/mol. The lowest BCUT2D eigenvalue weighted by atomic mass is 9.92. The fourth-order valence-electron chi connectivity index (χ4n) is 3.00. The number of nitrogens with one attached hydrogen (secondary N) is 1. The molecule has 1 atom stereocenters. The van der Waals surface area contributed by atoms with Gasteiger partial charge in [0, 0.05) is 24.5 Å². The van der Waals surface area contributed by atoms with Crippen LogP contribution in [0.2, 0.25) is 0 Å². The first kappa shape index (κ1) is 15.3. The van der Waals surface area contributed by atoms with E-state index in [1.807, 2.05) is 12.1 Å². The van der Waals surface area contributed by atoms with E-state index in [9.17, 15) is 9.18 Å². The zero-order valence-corrected chi connectivity index (χ0v) is 12.8. The first-order valence-corrected chi connectivity index (χ1v) is 7.68. The molecule has 1 amide bonds. The second-order valence-electron chi connectivity index (χ2n) is 5.74. The van der Waals surface area contributed by atoms with Gasteiger partial charge in [0.25, 0.3) is 0 Å². The quantitative estimate of drug-likeness (QED) is 0.877. The van der Waals surface area contributed by atoms with Crippen molar-refractivity contribution in [1.82, 2.24) is 5.32 Å². The SMILES string of the molecule is C=CC(=O)NCC1Cc2ccccc2N(c2ccc(F)cc2)C1. The minimum Gasteiger partial charge on any atom is -0.352 e. The van der Waals surface area contributed by atoms with Gasteiger partial charge in [0.05, 0.1) is 0 Å². The molecule has 0 radical (unpaired) electrons. The minimum absolute atomic E-state index is 0.155. The Morgan fingerprint density at radius 1 is 1.26 bits per heavy atom. The lowest BCUT2D eigenvalue weighted by Gasteiger charge is -2.36. The van der Waals surface area contributed by atoms with Gasteiger partial charge in [-0.05, 0) is 54.3 Å². The fourth-order valence-corrected chi connectivity index (χ4v) is 3.00. The molecule has 118 valence electrons. The van der Waals surface area contributed by atoms with Crippen molar-refractivity contribution in [1.29, 1.82) is 0 Å². The summed E-state index contributed by atoms with van der Waals surface area (Å²) in [4.78, 5) is 13.6. The molecule has 1 aliphatic rings. The third kappa shape index (κ3) is 3.42. The number of fused-ring (bicyclic) bond motifs is 1. The van der Waals surface area contributed by atoms with Crippen LogP contribution in [0.25, 0.3) is 0 Å². The van der Waals surface area contributed by atoms with Crippen LogP contribution in [0.5, 0.6) is 0 Å². The van der Waals surface area contributed by atoms with Gasteiger partial charge in [-0.3, -0.25) is 4.79 Å². The summed E-state index contributed by atoms with van der Waals surface area (Å²) < 4.78 is 13.2. The number of carbonyl (C=O) groups is 1. The summed E-state index contributed by atoms with van der Waals surface area (Å²) in [7, 11) is 0. The number of para-hydroxylation sites is 1. The maximum atomic E-state index is 13.2. The molecule has 0 saturated heterocycles. The van der Waals surface area contributed by atoms with E-state index in [0.717, 1.165) is 24.3 Å². The average molecular weight is 310 g/mol. The molecule has 2 aromatic carbocycles. The van der Waals surface area contributed by atoms with Crippen LogP contribution in [0.3, 0.4) is 0 Å². The van der Waals surface area contributed by atoms with E-state index in [0.29, 0.717) is 12.5 Å². The summed E-state index contributed by atoms with van der Waals surface area (Å²) in [6.07, 6.45) is 2.19. The van der Waals surface area contributed by atoms with Gasteiger partial charge in [0.1, 0.15) is 5.82 Å². The van der Waals surface area contributed by atoms with Gasteiger partial charge in [-0.15, -0.1) is 0 Å². The molecule has 0 spiro atoms. The molecule has 1 aliphatic heterocycles. The molecule has 0 aromatic heterocycles. The van der Waals surface area contributed by atoms with Gasteiger partial charge in [0.2, 0.25) is 5.91 Å². The Balaban J connectivity index is 1.86. The van der Waals surface area contributed by atoms with Crippen molar-refractivity contribution in [3.8, 4) is 0 Å². The monoisotopic (exact) mass is 310 g/mol. The predicted octanol–water partition coefficient (Wildman–Crippen LogP) is 3.44. The van der Waals surface area contributed by atoms with Crippen molar-refractivity contribution in [2.45, 2.75) is 6.42 Å². The maximum absolute atomic E-state index is 13.2. The molecule has 3 rings (SSSR count). The van der Waals surface area contributed by atoms with Crippen molar-refractivity contribution in [3.05, 3.63) is 72.6 Å². The number of carbonyl (C=O) groups excluding carboxylic acids is 1. The largest absolute Gasteiger partial charge is 0.352 e. The molecule has 23 heavy (non-hydrogen) atoms. The average Bonchev–Trinajstić information content (AvgIpc) is 2.59. The zero-order valence-electron chi connectivity index (χ0n) is 12.8. The Bertz CT molecular complexity index is 712. The molecule has 3 nitrogen and oxygen atoms in total. The Morgan fingerprint density at radius 2 is 2.00 bits per heavy atom. The third-order valence-corrected chi connectivity index (χ3v) is 4.12. The van der Waals surface area contributed by atoms with E-state index < -0.39 is 0 Å². The molecular formula is C19H19FN2O. The van der Waals surface area contributed by atoms with Gasteiger partial charge in [-0.25, -0.2) is 4.39 Å². The number of benzene rings is 2. The van der Waals surface area contributed by atoms with Crippen LogP contribution in [0, 0.1) is 11.7 Å². The number of hydrogen-bond acceptors (Lipinski definition) is 2. The summed E-state index contributed by atoms with van der Waals surface area (Å²) in [5.41, 5.74) is 3.34. The van der Waals surface area contributed by atoms with E-state index in [-0.39, 0.29) is 11.7 Å². The van der Waals surface area contributed by atoms with E-state index >= 15 is 0 Å². The summed E-state index contributed by atoms with van der Waals surface area (Å²) >= 11 is 0. The Morgan fingerprint density at radius 3 is 2.74 bits per heavy atom. The molecule has 4 heteroatoms. The number of anilines is 2. The van der Waals surface area contributed by atoms with Gasteiger partial charge < -0.3 is 10.2 Å². The van der Waals surface area contributed by atoms with Crippen LogP contribution in [-0.4, -0.2) is 19.0 Å². The van der Waals surface area contributed by atoms with Crippen LogP contribution in [-0.2, 0) is 11.2 Å². The van der Waals surface area contributed by atoms with Crippen LogP contribution in [0.4, 0.5) is 15.8 Å². The van der Waals surface area contributed by atoms with Crippen LogP contribution >= 0.6 is 0 Å². The van der Waals surface area contributed by atoms with Crippen molar-refractivity contribution in [3.63, 3.8) is 0 Å². The van der Waals surface area contributed by atoms with Crippen molar-refractivity contribution in [2.24, 2.45) is 5.92 Å². The summed E-state index contributed by atoms with van der Waals surface area (Å²) in [6.45, 7) is 4.85. The van der Waals surface area contributed by atoms with Crippen molar-refractivity contribution < 1.29 is 9.18 Å². The lowest BCUT2D eigenvalue weighted by molar-refractivity contribution is -0.116. The van der Waals surface area contributed by atoms with E-state index in [1.54, 1.807) is 12.1 Å². The molecule has 2 aromatic rings.